The lowest BCUT2D eigenvalue weighted by Gasteiger charge is -2.15. The molecule has 0 saturated carbocycles. The highest BCUT2D eigenvalue weighted by Crippen LogP contribution is 2.10. The number of aliphatic hydroxyl groups is 1. The second-order valence-electron chi connectivity index (χ2n) is 10.5. The predicted molar refractivity (Wildman–Crippen MR) is 182 cm³/mol. The molecule has 0 aliphatic carbocycles. The van der Waals surface area contributed by atoms with Gasteiger partial charge in [0, 0.05) is 12.8 Å². The van der Waals surface area contributed by atoms with Gasteiger partial charge < -0.3 is 14.6 Å². The van der Waals surface area contributed by atoms with Crippen LogP contribution in [0.4, 0.5) is 0 Å². The van der Waals surface area contributed by atoms with Crippen molar-refractivity contribution in [2.24, 2.45) is 0 Å². The van der Waals surface area contributed by atoms with E-state index in [0.29, 0.717) is 12.8 Å². The second kappa shape index (κ2) is 33.6. The summed E-state index contributed by atoms with van der Waals surface area (Å²) in [6.07, 6.45) is 44.9. The molecule has 0 aliphatic rings. The fourth-order valence-corrected chi connectivity index (χ4v) is 4.01. The van der Waals surface area contributed by atoms with Crippen LogP contribution in [0.25, 0.3) is 0 Å². The standard InChI is InChI=1S/C38H60O5/c1-3-5-7-9-11-13-15-17-18-19-21-23-25-27-29-31-33-38(41)43-36(34-39)35-42-37(40)32-30-28-26-24-22-20-16-14-12-10-8-6-4-2/h5-8,10-14,16-18,21,23,36,39H,3-4,9,15,19-20,22,24-35H2,1-2H3/b7-5+,8-6+,12-10+,13-11+,16-14+,18-17+,23-21+. The third-order valence-corrected chi connectivity index (χ3v) is 6.50. The Hall–Kier alpha value is -2.92. The van der Waals surface area contributed by atoms with Crippen molar-refractivity contribution in [2.45, 2.75) is 129 Å². The van der Waals surface area contributed by atoms with Crippen LogP contribution in [0.1, 0.15) is 123 Å². The zero-order valence-electron chi connectivity index (χ0n) is 27.2. The molecular weight excluding hydrogens is 536 g/mol. The van der Waals surface area contributed by atoms with Gasteiger partial charge in [-0.3, -0.25) is 9.59 Å². The summed E-state index contributed by atoms with van der Waals surface area (Å²) in [6, 6.07) is 0. The molecule has 0 rings (SSSR count). The van der Waals surface area contributed by atoms with E-state index in [9.17, 15) is 14.7 Å². The maximum Gasteiger partial charge on any atom is 0.306 e. The number of hydrogen-bond acceptors (Lipinski definition) is 5. The van der Waals surface area contributed by atoms with Crippen molar-refractivity contribution >= 4 is 11.9 Å². The number of ether oxygens (including phenoxy) is 2. The summed E-state index contributed by atoms with van der Waals surface area (Å²) in [7, 11) is 0. The van der Waals surface area contributed by atoms with Crippen molar-refractivity contribution in [3.8, 4) is 0 Å². The molecule has 5 heteroatoms. The maximum absolute atomic E-state index is 12.1. The van der Waals surface area contributed by atoms with Crippen molar-refractivity contribution in [1.82, 2.24) is 0 Å². The first-order chi connectivity index (χ1) is 21.1. The average molecular weight is 597 g/mol. The van der Waals surface area contributed by atoms with E-state index < -0.39 is 6.10 Å². The largest absolute Gasteiger partial charge is 0.462 e. The smallest absolute Gasteiger partial charge is 0.306 e. The van der Waals surface area contributed by atoms with Gasteiger partial charge >= 0.3 is 11.9 Å². The third-order valence-electron chi connectivity index (χ3n) is 6.50. The van der Waals surface area contributed by atoms with Gasteiger partial charge in [0.2, 0.25) is 0 Å². The molecule has 5 nitrogen and oxygen atoms in total. The van der Waals surface area contributed by atoms with Crippen LogP contribution in [0.15, 0.2) is 85.1 Å². The molecular formula is C38H60O5. The second-order valence-corrected chi connectivity index (χ2v) is 10.5. The van der Waals surface area contributed by atoms with Crippen LogP contribution in [0.3, 0.4) is 0 Å². The fraction of sp³-hybridized carbons (Fsp3) is 0.579. The number of unbranched alkanes of at least 4 members (excludes halogenated alkanes) is 8. The molecule has 0 saturated heterocycles. The summed E-state index contributed by atoms with van der Waals surface area (Å²) in [4.78, 5) is 24.1. The van der Waals surface area contributed by atoms with Gasteiger partial charge in [0.25, 0.3) is 0 Å². The Balaban J connectivity index is 3.73. The number of aliphatic hydroxyl groups excluding tert-OH is 1. The zero-order chi connectivity index (χ0) is 31.5. The molecule has 0 radical (unpaired) electrons. The van der Waals surface area contributed by atoms with Crippen molar-refractivity contribution in [3.63, 3.8) is 0 Å². The van der Waals surface area contributed by atoms with Crippen LogP contribution in [-0.4, -0.2) is 36.4 Å². The summed E-state index contributed by atoms with van der Waals surface area (Å²) in [5.74, 6) is -0.664. The highest BCUT2D eigenvalue weighted by Gasteiger charge is 2.16. The first-order valence-electron chi connectivity index (χ1n) is 16.7. The molecule has 0 bridgehead atoms. The molecule has 0 aromatic rings. The maximum atomic E-state index is 12.1. The molecule has 0 aromatic carbocycles. The summed E-state index contributed by atoms with van der Waals surface area (Å²) in [5.41, 5.74) is 0. The van der Waals surface area contributed by atoms with Gasteiger partial charge in [0.15, 0.2) is 6.10 Å². The van der Waals surface area contributed by atoms with E-state index in [1.54, 1.807) is 0 Å². The lowest BCUT2D eigenvalue weighted by Crippen LogP contribution is -2.28. The number of hydrogen-bond donors (Lipinski definition) is 1. The van der Waals surface area contributed by atoms with E-state index in [1.807, 2.05) is 6.08 Å². The van der Waals surface area contributed by atoms with Gasteiger partial charge in [-0.05, 0) is 70.6 Å². The van der Waals surface area contributed by atoms with Crippen LogP contribution in [0.5, 0.6) is 0 Å². The minimum atomic E-state index is -0.800. The SMILES string of the molecule is CC/C=C/C=C/C=C/CCCCCCCC(=O)OCC(CO)OC(=O)CCCCC/C=C/C/C=C/C/C=C/C/C=C/CC. The first-order valence-corrected chi connectivity index (χ1v) is 16.7. The van der Waals surface area contributed by atoms with Gasteiger partial charge in [-0.1, -0.05) is 125 Å². The molecule has 0 heterocycles. The molecule has 0 aromatic heterocycles. The van der Waals surface area contributed by atoms with Crippen LogP contribution in [0, 0.1) is 0 Å². The van der Waals surface area contributed by atoms with Crippen LogP contribution >= 0.6 is 0 Å². The van der Waals surface area contributed by atoms with E-state index in [4.69, 9.17) is 9.47 Å². The molecule has 1 N–H and O–H groups in total. The lowest BCUT2D eigenvalue weighted by atomic mass is 10.1. The lowest BCUT2D eigenvalue weighted by molar-refractivity contribution is -0.161. The minimum absolute atomic E-state index is 0.0953. The highest BCUT2D eigenvalue weighted by atomic mass is 16.6. The van der Waals surface area contributed by atoms with E-state index in [-0.39, 0.29) is 25.2 Å². The Morgan fingerprint density at radius 2 is 1.05 bits per heavy atom. The van der Waals surface area contributed by atoms with Crippen molar-refractivity contribution in [2.75, 3.05) is 13.2 Å². The van der Waals surface area contributed by atoms with E-state index in [2.05, 4.69) is 92.8 Å². The molecule has 242 valence electrons. The topological polar surface area (TPSA) is 72.8 Å². The Kier molecular flexibility index (Phi) is 31.3. The number of carbonyl (C=O) groups is 2. The van der Waals surface area contributed by atoms with Crippen LogP contribution < -0.4 is 0 Å². The molecule has 1 unspecified atom stereocenters. The van der Waals surface area contributed by atoms with Crippen molar-refractivity contribution < 1.29 is 24.2 Å². The molecule has 0 aliphatic heterocycles. The fourth-order valence-electron chi connectivity index (χ4n) is 4.01. The summed E-state index contributed by atoms with van der Waals surface area (Å²) in [6.45, 7) is 3.81. The quantitative estimate of drug-likeness (QED) is 0.0421. The zero-order valence-corrected chi connectivity index (χ0v) is 27.2. The van der Waals surface area contributed by atoms with Gasteiger partial charge in [-0.15, -0.1) is 0 Å². The minimum Gasteiger partial charge on any atom is -0.462 e. The summed E-state index contributed by atoms with van der Waals surface area (Å²) in [5, 5.41) is 9.50. The Morgan fingerprint density at radius 1 is 0.558 bits per heavy atom. The Labute approximate surface area is 263 Å². The van der Waals surface area contributed by atoms with Gasteiger partial charge in [-0.25, -0.2) is 0 Å². The summed E-state index contributed by atoms with van der Waals surface area (Å²) < 4.78 is 10.5. The molecule has 1 atom stereocenters. The van der Waals surface area contributed by atoms with Crippen LogP contribution in [-0.2, 0) is 19.1 Å². The van der Waals surface area contributed by atoms with Crippen molar-refractivity contribution in [3.05, 3.63) is 85.1 Å². The Morgan fingerprint density at radius 3 is 1.67 bits per heavy atom. The normalized spacial score (nSPS) is 13.3. The van der Waals surface area contributed by atoms with E-state index in [1.165, 1.54) is 0 Å². The van der Waals surface area contributed by atoms with Crippen molar-refractivity contribution in [1.29, 1.82) is 0 Å². The predicted octanol–water partition coefficient (Wildman–Crippen LogP) is 10.00. The van der Waals surface area contributed by atoms with Gasteiger partial charge in [0.1, 0.15) is 6.61 Å². The third kappa shape index (κ3) is 31.8. The number of carbonyl (C=O) groups excluding carboxylic acids is 2. The average Bonchev–Trinajstić information content (AvgIpc) is 3.01. The number of esters is 2. The molecule has 0 spiro atoms. The molecule has 43 heavy (non-hydrogen) atoms. The van der Waals surface area contributed by atoms with Crippen LogP contribution in [0.2, 0.25) is 0 Å². The van der Waals surface area contributed by atoms with Gasteiger partial charge in [0.05, 0.1) is 6.61 Å². The van der Waals surface area contributed by atoms with Gasteiger partial charge in [-0.2, -0.15) is 0 Å². The van der Waals surface area contributed by atoms with E-state index in [0.717, 1.165) is 96.3 Å². The Bertz CT molecular complexity index is 860. The molecule has 0 fully saturated rings. The first kappa shape index (κ1) is 40.1. The highest BCUT2D eigenvalue weighted by molar-refractivity contribution is 5.70. The van der Waals surface area contributed by atoms with E-state index >= 15 is 0 Å². The number of rotatable bonds is 28. The summed E-state index contributed by atoms with van der Waals surface area (Å²) >= 11 is 0. The number of allylic oxidation sites excluding steroid dienone is 14. The monoisotopic (exact) mass is 596 g/mol. The molecule has 0 amide bonds.